The van der Waals surface area contributed by atoms with Crippen molar-refractivity contribution in [1.29, 1.82) is 0 Å². The van der Waals surface area contributed by atoms with Gasteiger partial charge in [-0.05, 0) is 30.3 Å². The quantitative estimate of drug-likeness (QED) is 0.622. The van der Waals surface area contributed by atoms with Crippen LogP contribution in [0.25, 0.3) is 0 Å². The van der Waals surface area contributed by atoms with Crippen molar-refractivity contribution in [3.05, 3.63) is 42.7 Å². The van der Waals surface area contributed by atoms with Crippen molar-refractivity contribution >= 4 is 73.0 Å². The zero-order chi connectivity index (χ0) is 12.3. The van der Waals surface area contributed by atoms with Gasteiger partial charge in [0.15, 0.2) is 0 Å². The van der Waals surface area contributed by atoms with Crippen LogP contribution in [0.15, 0.2) is 47.6 Å². The number of benzene rings is 1. The molecule has 1 heterocycles. The van der Waals surface area contributed by atoms with Gasteiger partial charge in [0.05, 0.1) is 4.90 Å². The Morgan fingerprint density at radius 2 is 1.61 bits per heavy atom. The minimum absolute atomic E-state index is 0. The molecular weight excluding hydrogens is 279 g/mol. The molecule has 2 aromatic rings. The number of anilines is 2. The van der Waals surface area contributed by atoms with E-state index in [2.05, 4.69) is 14.7 Å². The number of aromatic nitrogens is 2. The van der Waals surface area contributed by atoms with Gasteiger partial charge in [0, 0.05) is 18.1 Å². The number of nitrogens with two attached hydrogens (primary N) is 1. The number of hydrogen-bond acceptors (Lipinski definition) is 5. The number of nitrogens with zero attached hydrogens (tertiary/aromatic N) is 2. The Balaban J connectivity index is 0.00000162. The molecule has 0 atom stereocenters. The first kappa shape index (κ1) is 15.5. The molecule has 0 aliphatic heterocycles. The zero-order valence-electron chi connectivity index (χ0n) is 8.74. The van der Waals surface area contributed by atoms with Gasteiger partial charge in [0.25, 0.3) is 10.0 Å². The maximum atomic E-state index is 11.9. The summed E-state index contributed by atoms with van der Waals surface area (Å²) in [6, 6.07) is 7.46. The normalized spacial score (nSPS) is 10.4. The number of nitrogens with one attached hydrogen (secondary N) is 1. The van der Waals surface area contributed by atoms with Gasteiger partial charge in [-0.25, -0.2) is 23.1 Å². The van der Waals surface area contributed by atoms with Crippen molar-refractivity contribution in [2.75, 3.05) is 10.5 Å². The van der Waals surface area contributed by atoms with E-state index in [1.807, 2.05) is 0 Å². The topological polar surface area (TPSA) is 98.0 Å². The molecule has 0 radical (unpaired) electrons. The molecule has 3 N–H and O–H groups in total. The number of nitrogen functional groups attached to an aromatic ring is 1. The van der Waals surface area contributed by atoms with Crippen molar-refractivity contribution in [2.24, 2.45) is 0 Å². The number of rotatable bonds is 3. The minimum atomic E-state index is -3.66. The second-order valence-electron chi connectivity index (χ2n) is 3.25. The van der Waals surface area contributed by atoms with E-state index in [9.17, 15) is 8.42 Å². The van der Waals surface area contributed by atoms with Crippen LogP contribution in [0.5, 0.6) is 0 Å². The molecule has 0 aliphatic rings. The van der Waals surface area contributed by atoms with Crippen molar-refractivity contribution in [3.8, 4) is 0 Å². The van der Waals surface area contributed by atoms with Gasteiger partial charge in [0.2, 0.25) is 5.95 Å². The second kappa shape index (κ2) is 6.59. The van der Waals surface area contributed by atoms with Gasteiger partial charge in [0.1, 0.15) is 0 Å². The first-order valence-corrected chi connectivity index (χ1v) is 6.22. The van der Waals surface area contributed by atoms with E-state index < -0.39 is 10.0 Å². The van der Waals surface area contributed by atoms with Gasteiger partial charge >= 0.3 is 51.4 Å². The first-order chi connectivity index (χ1) is 8.08. The standard InChI is InChI=1S/C10H10N4O2S.K.H/c11-8-2-4-9(5-3-8)17(15,16)14-10-12-6-1-7-13-10;;/h1-7H,11H2,(H,12,13,14);;. The van der Waals surface area contributed by atoms with Gasteiger partial charge in [-0.2, -0.15) is 0 Å². The van der Waals surface area contributed by atoms with Crippen molar-refractivity contribution in [3.63, 3.8) is 0 Å². The Hall–Kier alpha value is -0.514. The van der Waals surface area contributed by atoms with Crippen LogP contribution >= 0.6 is 0 Å². The van der Waals surface area contributed by atoms with E-state index in [4.69, 9.17) is 5.73 Å². The summed E-state index contributed by atoms with van der Waals surface area (Å²) in [5.74, 6) is 0.0318. The third-order valence-electron chi connectivity index (χ3n) is 1.98. The Morgan fingerprint density at radius 1 is 1.06 bits per heavy atom. The molecule has 1 aromatic heterocycles. The number of hydrogen-bond donors (Lipinski definition) is 2. The van der Waals surface area contributed by atoms with Crippen LogP contribution in [0.2, 0.25) is 0 Å². The summed E-state index contributed by atoms with van der Waals surface area (Å²) >= 11 is 0. The van der Waals surface area contributed by atoms with Gasteiger partial charge in [-0.3, -0.25) is 0 Å². The maximum absolute atomic E-state index is 11.9. The van der Waals surface area contributed by atoms with Crippen molar-refractivity contribution in [2.45, 2.75) is 4.90 Å². The third-order valence-corrected chi connectivity index (χ3v) is 3.33. The van der Waals surface area contributed by atoms with E-state index in [-0.39, 0.29) is 62.2 Å². The second-order valence-corrected chi connectivity index (χ2v) is 4.93. The summed E-state index contributed by atoms with van der Waals surface area (Å²) in [6.45, 7) is 0. The summed E-state index contributed by atoms with van der Waals surface area (Å²) < 4.78 is 26.0. The van der Waals surface area contributed by atoms with E-state index in [1.54, 1.807) is 6.07 Å². The van der Waals surface area contributed by atoms with Crippen LogP contribution in [0, 0.1) is 0 Å². The van der Waals surface area contributed by atoms with Crippen LogP contribution in [0.3, 0.4) is 0 Å². The summed E-state index contributed by atoms with van der Waals surface area (Å²) in [5, 5.41) is 0. The summed E-state index contributed by atoms with van der Waals surface area (Å²) in [6.07, 6.45) is 2.90. The molecule has 0 aliphatic carbocycles. The van der Waals surface area contributed by atoms with Crippen molar-refractivity contribution < 1.29 is 8.42 Å². The SMILES string of the molecule is Nc1ccc(S(=O)(=O)Nc2ncccn2)cc1.[KH]. The molecule has 1 aromatic carbocycles. The molecule has 0 fully saturated rings. The molecule has 0 unspecified atom stereocenters. The van der Waals surface area contributed by atoms with Gasteiger partial charge in [-0.1, -0.05) is 0 Å². The molecule has 2 rings (SSSR count). The molecule has 18 heavy (non-hydrogen) atoms. The van der Waals surface area contributed by atoms with Gasteiger partial charge in [-0.15, -0.1) is 0 Å². The predicted molar refractivity (Wildman–Crippen MR) is 70.8 cm³/mol. The van der Waals surface area contributed by atoms with Crippen molar-refractivity contribution in [1.82, 2.24) is 9.97 Å². The van der Waals surface area contributed by atoms with Crippen LogP contribution < -0.4 is 10.5 Å². The Labute approximate surface area is 148 Å². The van der Waals surface area contributed by atoms with Crippen LogP contribution in [0.1, 0.15) is 0 Å². The fraction of sp³-hybridized carbons (Fsp3) is 0. The third kappa shape index (κ3) is 4.00. The first-order valence-electron chi connectivity index (χ1n) is 4.73. The summed E-state index contributed by atoms with van der Waals surface area (Å²) in [5.41, 5.74) is 5.98. The Bertz CT molecular complexity index is 602. The average molecular weight is 290 g/mol. The predicted octanol–water partition coefficient (Wildman–Crippen LogP) is 0.211. The van der Waals surface area contributed by atoms with Crippen LogP contribution in [0.4, 0.5) is 11.6 Å². The average Bonchev–Trinajstić information content (AvgIpc) is 2.30. The molecule has 0 bridgehead atoms. The molecular formula is C10H11KN4O2S. The monoisotopic (exact) mass is 290 g/mol. The molecule has 0 saturated heterocycles. The Kier molecular flexibility index (Phi) is 5.69. The molecule has 6 nitrogen and oxygen atoms in total. The number of sulfonamides is 1. The van der Waals surface area contributed by atoms with E-state index in [1.165, 1.54) is 36.7 Å². The zero-order valence-corrected chi connectivity index (χ0v) is 9.55. The van der Waals surface area contributed by atoms with Crippen LogP contribution in [-0.4, -0.2) is 69.8 Å². The summed E-state index contributed by atoms with van der Waals surface area (Å²) in [7, 11) is -3.66. The van der Waals surface area contributed by atoms with E-state index in [0.717, 1.165) is 0 Å². The van der Waals surface area contributed by atoms with Gasteiger partial charge < -0.3 is 5.73 Å². The van der Waals surface area contributed by atoms with Crippen LogP contribution in [-0.2, 0) is 10.0 Å². The van der Waals surface area contributed by atoms with E-state index >= 15 is 0 Å². The molecule has 90 valence electrons. The Morgan fingerprint density at radius 3 is 2.17 bits per heavy atom. The molecule has 0 amide bonds. The molecule has 8 heteroatoms. The fourth-order valence-corrected chi connectivity index (χ4v) is 2.14. The molecule has 0 spiro atoms. The summed E-state index contributed by atoms with van der Waals surface area (Å²) in [4.78, 5) is 7.67. The van der Waals surface area contributed by atoms with E-state index in [0.29, 0.717) is 5.69 Å². The molecule has 0 saturated carbocycles. The fourth-order valence-electron chi connectivity index (χ4n) is 1.18.